The van der Waals surface area contributed by atoms with Crippen LogP contribution in [0.2, 0.25) is 0 Å². The summed E-state index contributed by atoms with van der Waals surface area (Å²) in [5.41, 5.74) is 2.41. The number of piperazine rings is 1. The molecule has 4 rings (SSSR count). The first-order valence-corrected chi connectivity index (χ1v) is 12.5. The molecule has 2 N–H and O–H groups in total. The van der Waals surface area contributed by atoms with Gasteiger partial charge in [0.1, 0.15) is 0 Å². The van der Waals surface area contributed by atoms with Gasteiger partial charge in [0.2, 0.25) is 5.91 Å². The van der Waals surface area contributed by atoms with E-state index in [1.54, 1.807) is 23.1 Å². The maximum absolute atomic E-state index is 14.4. The molecule has 2 aromatic rings. The van der Waals surface area contributed by atoms with Crippen molar-refractivity contribution in [2.24, 2.45) is 0 Å². The number of carbonyl (C=O) groups excluding carboxylic acids is 3. The molecule has 1 aliphatic carbocycles. The van der Waals surface area contributed by atoms with Crippen molar-refractivity contribution in [1.29, 1.82) is 0 Å². The van der Waals surface area contributed by atoms with Crippen molar-refractivity contribution in [3.8, 4) is 0 Å². The Morgan fingerprint density at radius 1 is 1.00 bits per heavy atom. The number of carbonyl (C=O) groups is 3. The standard InChI is InChI=1S/C30H33N3O3/c1-3-13-21(4-2)20-31-28(34)27-29(35)32-24-18-11-12-19-25(24)33(27)30(36)26(22-14-7-5-8-15-22)23-16-9-6-10-17-23/h3-10,13-17,24-27H,1-2,11-12,18-20H2,(H,31,34)(H,32,35)/b21-13+. The maximum Gasteiger partial charge on any atom is 0.252 e. The average molecular weight is 484 g/mol. The number of hydrogen-bond donors (Lipinski definition) is 2. The summed E-state index contributed by atoms with van der Waals surface area (Å²) in [5, 5.41) is 5.87. The zero-order valence-corrected chi connectivity index (χ0v) is 20.4. The second-order valence-electron chi connectivity index (χ2n) is 9.27. The number of allylic oxidation sites excluding steroid dienone is 2. The molecule has 1 aliphatic heterocycles. The molecule has 6 heteroatoms. The van der Waals surface area contributed by atoms with Gasteiger partial charge in [-0.25, -0.2) is 0 Å². The largest absolute Gasteiger partial charge is 0.350 e. The first-order chi connectivity index (χ1) is 17.5. The summed E-state index contributed by atoms with van der Waals surface area (Å²) in [6, 6.07) is 17.5. The summed E-state index contributed by atoms with van der Waals surface area (Å²) < 4.78 is 0. The van der Waals surface area contributed by atoms with Crippen LogP contribution in [-0.4, -0.2) is 47.3 Å². The Labute approximate surface area is 212 Å². The summed E-state index contributed by atoms with van der Waals surface area (Å²) in [4.78, 5) is 42.8. The number of fused-ring (bicyclic) bond motifs is 1. The van der Waals surface area contributed by atoms with E-state index in [1.165, 1.54) is 0 Å². The quantitative estimate of drug-likeness (QED) is 0.442. The molecule has 3 atom stereocenters. The molecular formula is C30H33N3O3. The van der Waals surface area contributed by atoms with Crippen LogP contribution in [-0.2, 0) is 14.4 Å². The van der Waals surface area contributed by atoms with Crippen LogP contribution in [0.5, 0.6) is 0 Å². The van der Waals surface area contributed by atoms with Crippen molar-refractivity contribution in [3.05, 3.63) is 109 Å². The Kier molecular flexibility index (Phi) is 8.16. The van der Waals surface area contributed by atoms with Crippen molar-refractivity contribution in [3.63, 3.8) is 0 Å². The summed E-state index contributed by atoms with van der Waals surface area (Å²) in [7, 11) is 0. The van der Waals surface area contributed by atoms with Gasteiger partial charge in [-0.3, -0.25) is 14.4 Å². The van der Waals surface area contributed by atoms with Gasteiger partial charge in [-0.15, -0.1) is 0 Å². The van der Waals surface area contributed by atoms with E-state index in [0.717, 1.165) is 42.4 Å². The van der Waals surface area contributed by atoms with Gasteiger partial charge in [0.15, 0.2) is 6.04 Å². The minimum absolute atomic E-state index is 0.157. The van der Waals surface area contributed by atoms with E-state index < -0.39 is 23.8 Å². The van der Waals surface area contributed by atoms with E-state index >= 15 is 0 Å². The molecule has 3 amide bonds. The average Bonchev–Trinajstić information content (AvgIpc) is 2.91. The molecule has 1 saturated heterocycles. The van der Waals surface area contributed by atoms with Crippen molar-refractivity contribution < 1.29 is 14.4 Å². The van der Waals surface area contributed by atoms with Gasteiger partial charge in [-0.05, 0) is 29.5 Å². The number of nitrogens with one attached hydrogen (secondary N) is 2. The SMILES string of the molecule is C=C/C=C(\C=C)CNC(=O)C1C(=O)NC2CCCCC2N1C(=O)C(c1ccccc1)c1ccccc1. The van der Waals surface area contributed by atoms with E-state index in [2.05, 4.69) is 23.8 Å². The summed E-state index contributed by atoms with van der Waals surface area (Å²) in [6.07, 6.45) is 8.45. The van der Waals surface area contributed by atoms with Crippen molar-refractivity contribution in [1.82, 2.24) is 15.5 Å². The molecule has 0 spiro atoms. The Morgan fingerprint density at radius 2 is 1.61 bits per heavy atom. The molecule has 1 heterocycles. The lowest BCUT2D eigenvalue weighted by atomic mass is 9.82. The molecular weight excluding hydrogens is 450 g/mol. The number of rotatable bonds is 8. The lowest BCUT2D eigenvalue weighted by Gasteiger charge is -2.48. The van der Waals surface area contributed by atoms with Gasteiger partial charge in [0, 0.05) is 12.6 Å². The minimum atomic E-state index is -1.25. The third-order valence-corrected chi connectivity index (χ3v) is 7.02. The molecule has 2 aliphatic rings. The van der Waals surface area contributed by atoms with E-state index in [9.17, 15) is 14.4 Å². The molecule has 3 unspecified atom stereocenters. The third kappa shape index (κ3) is 5.33. The van der Waals surface area contributed by atoms with Crippen LogP contribution in [0.1, 0.15) is 42.7 Å². The zero-order chi connectivity index (χ0) is 25.5. The molecule has 0 aromatic heterocycles. The van der Waals surface area contributed by atoms with Crippen LogP contribution in [0.3, 0.4) is 0 Å². The second-order valence-corrected chi connectivity index (χ2v) is 9.27. The maximum atomic E-state index is 14.4. The van der Waals surface area contributed by atoms with E-state index in [-0.39, 0.29) is 24.5 Å². The highest BCUT2D eigenvalue weighted by molar-refractivity contribution is 6.08. The number of nitrogens with zero attached hydrogens (tertiary/aromatic N) is 1. The molecule has 6 nitrogen and oxygen atoms in total. The Bertz CT molecular complexity index is 1100. The van der Waals surface area contributed by atoms with Crippen molar-refractivity contribution in [2.75, 3.05) is 6.54 Å². The van der Waals surface area contributed by atoms with Gasteiger partial charge in [0.05, 0.1) is 12.0 Å². The Balaban J connectivity index is 1.73. The summed E-state index contributed by atoms with van der Waals surface area (Å²) >= 11 is 0. The van der Waals surface area contributed by atoms with Crippen molar-refractivity contribution >= 4 is 17.7 Å². The predicted octanol–water partition coefficient (Wildman–Crippen LogP) is 3.87. The lowest BCUT2D eigenvalue weighted by molar-refractivity contribution is -0.156. The van der Waals surface area contributed by atoms with E-state index in [1.807, 2.05) is 60.7 Å². The van der Waals surface area contributed by atoms with Crippen LogP contribution in [0, 0.1) is 0 Å². The molecule has 0 radical (unpaired) electrons. The monoisotopic (exact) mass is 483 g/mol. The molecule has 36 heavy (non-hydrogen) atoms. The van der Waals surface area contributed by atoms with Gasteiger partial charge in [0.25, 0.3) is 11.8 Å². The Morgan fingerprint density at radius 3 is 2.19 bits per heavy atom. The highest BCUT2D eigenvalue weighted by Gasteiger charge is 2.49. The normalized spacial score (nSPS) is 21.8. The van der Waals surface area contributed by atoms with Crippen LogP contribution < -0.4 is 10.6 Å². The highest BCUT2D eigenvalue weighted by Crippen LogP contribution is 2.34. The van der Waals surface area contributed by atoms with E-state index in [0.29, 0.717) is 0 Å². The fourth-order valence-corrected chi connectivity index (χ4v) is 5.28. The number of benzene rings is 2. The first kappa shape index (κ1) is 25.2. The van der Waals surface area contributed by atoms with Gasteiger partial charge in [-0.1, -0.05) is 105 Å². The number of hydrogen-bond acceptors (Lipinski definition) is 3. The van der Waals surface area contributed by atoms with Gasteiger partial charge >= 0.3 is 0 Å². The van der Waals surface area contributed by atoms with Crippen LogP contribution in [0.15, 0.2) is 97.6 Å². The topological polar surface area (TPSA) is 78.5 Å². The van der Waals surface area contributed by atoms with Gasteiger partial charge in [-0.2, -0.15) is 0 Å². The zero-order valence-electron chi connectivity index (χ0n) is 20.4. The lowest BCUT2D eigenvalue weighted by Crippen LogP contribution is -2.71. The smallest absolute Gasteiger partial charge is 0.252 e. The fraction of sp³-hybridized carbons (Fsp3) is 0.300. The predicted molar refractivity (Wildman–Crippen MR) is 141 cm³/mol. The van der Waals surface area contributed by atoms with Crippen LogP contribution in [0.4, 0.5) is 0 Å². The minimum Gasteiger partial charge on any atom is -0.350 e. The summed E-state index contributed by atoms with van der Waals surface area (Å²) in [5.74, 6) is -1.79. The van der Waals surface area contributed by atoms with Crippen LogP contribution >= 0.6 is 0 Å². The first-order valence-electron chi connectivity index (χ1n) is 12.5. The molecule has 0 bridgehead atoms. The molecule has 1 saturated carbocycles. The third-order valence-electron chi connectivity index (χ3n) is 7.02. The molecule has 2 aromatic carbocycles. The fourth-order valence-electron chi connectivity index (χ4n) is 5.28. The second kappa shape index (κ2) is 11.7. The molecule has 2 fully saturated rings. The van der Waals surface area contributed by atoms with Gasteiger partial charge < -0.3 is 15.5 Å². The Hall–Kier alpha value is -3.93. The molecule has 186 valence electrons. The van der Waals surface area contributed by atoms with Crippen LogP contribution in [0.25, 0.3) is 0 Å². The summed E-state index contributed by atoms with van der Waals surface area (Å²) in [6.45, 7) is 7.63. The highest BCUT2D eigenvalue weighted by atomic mass is 16.2. The number of amides is 3. The van der Waals surface area contributed by atoms with Crippen molar-refractivity contribution in [2.45, 2.75) is 49.7 Å². The van der Waals surface area contributed by atoms with E-state index in [4.69, 9.17) is 0 Å².